The van der Waals surface area contributed by atoms with E-state index in [1.54, 1.807) is 31.4 Å². The largest absolute Gasteiger partial charge is 0.495 e. The minimum atomic E-state index is -0.265. The molecule has 1 aliphatic heterocycles. The standard InChI is InChI=1S/C17H19ClN4O3/c1-24-15-5-4-11(18)7-13(15)22-16-8-14(20-10-21-16)17(23)19-9-12-3-2-6-25-12/h4-5,7-8,10,12H,2-3,6,9H2,1H3,(H,19,23)(H,20,21,22). The van der Waals surface area contributed by atoms with Crippen molar-refractivity contribution < 1.29 is 14.3 Å². The van der Waals surface area contributed by atoms with E-state index < -0.39 is 0 Å². The number of amides is 1. The van der Waals surface area contributed by atoms with Crippen molar-refractivity contribution >= 4 is 29.0 Å². The molecule has 0 aliphatic carbocycles. The summed E-state index contributed by atoms with van der Waals surface area (Å²) in [6.07, 6.45) is 3.41. The number of methoxy groups -OCH3 is 1. The van der Waals surface area contributed by atoms with Crippen LogP contribution in [-0.4, -0.2) is 42.2 Å². The number of benzene rings is 1. The second kappa shape index (κ2) is 8.13. The first kappa shape index (κ1) is 17.4. The van der Waals surface area contributed by atoms with Crippen LogP contribution in [0.5, 0.6) is 5.75 Å². The third kappa shape index (κ3) is 4.58. The number of halogens is 1. The minimum absolute atomic E-state index is 0.0825. The number of hydrogen-bond donors (Lipinski definition) is 2. The zero-order valence-electron chi connectivity index (χ0n) is 13.8. The minimum Gasteiger partial charge on any atom is -0.495 e. The Kier molecular flexibility index (Phi) is 5.67. The predicted octanol–water partition coefficient (Wildman–Crippen LogP) is 2.79. The number of carbonyl (C=O) groups is 1. The highest BCUT2D eigenvalue weighted by molar-refractivity contribution is 6.31. The van der Waals surface area contributed by atoms with Gasteiger partial charge in [-0.3, -0.25) is 4.79 Å². The zero-order valence-corrected chi connectivity index (χ0v) is 14.5. The molecule has 3 rings (SSSR count). The molecule has 1 aromatic heterocycles. The molecule has 1 atom stereocenters. The first-order valence-corrected chi connectivity index (χ1v) is 8.36. The number of nitrogens with zero attached hydrogens (tertiary/aromatic N) is 2. The van der Waals surface area contributed by atoms with Crippen molar-refractivity contribution in [2.24, 2.45) is 0 Å². The van der Waals surface area contributed by atoms with Crippen LogP contribution < -0.4 is 15.4 Å². The van der Waals surface area contributed by atoms with Gasteiger partial charge in [-0.2, -0.15) is 0 Å². The van der Waals surface area contributed by atoms with E-state index in [0.29, 0.717) is 28.8 Å². The third-order valence-electron chi connectivity index (χ3n) is 3.84. The Morgan fingerprint density at radius 1 is 1.40 bits per heavy atom. The number of anilines is 2. The predicted molar refractivity (Wildman–Crippen MR) is 94.6 cm³/mol. The van der Waals surface area contributed by atoms with E-state index in [2.05, 4.69) is 20.6 Å². The zero-order chi connectivity index (χ0) is 17.6. The summed E-state index contributed by atoms with van der Waals surface area (Å²) >= 11 is 6.02. The molecule has 8 heteroatoms. The Labute approximate surface area is 150 Å². The number of hydrogen-bond acceptors (Lipinski definition) is 6. The molecule has 1 aromatic carbocycles. The Hall–Kier alpha value is -2.38. The fourth-order valence-electron chi connectivity index (χ4n) is 2.57. The van der Waals surface area contributed by atoms with E-state index in [1.165, 1.54) is 6.33 Å². The molecular weight excluding hydrogens is 344 g/mol. The molecule has 0 bridgehead atoms. The molecule has 0 radical (unpaired) electrons. The van der Waals surface area contributed by atoms with Gasteiger partial charge in [-0.15, -0.1) is 0 Å². The lowest BCUT2D eigenvalue weighted by atomic mass is 10.2. The van der Waals surface area contributed by atoms with E-state index >= 15 is 0 Å². The summed E-state index contributed by atoms with van der Waals surface area (Å²) in [5.74, 6) is 0.823. The van der Waals surface area contributed by atoms with Crippen LogP contribution in [0.15, 0.2) is 30.6 Å². The summed E-state index contributed by atoms with van der Waals surface area (Å²) in [5.41, 5.74) is 0.927. The van der Waals surface area contributed by atoms with Crippen LogP contribution in [0.25, 0.3) is 0 Å². The number of carbonyl (C=O) groups excluding carboxylic acids is 1. The maximum Gasteiger partial charge on any atom is 0.270 e. The van der Waals surface area contributed by atoms with Crippen molar-refractivity contribution in [1.29, 1.82) is 0 Å². The molecule has 7 nitrogen and oxygen atoms in total. The number of aromatic nitrogens is 2. The van der Waals surface area contributed by atoms with E-state index in [-0.39, 0.29) is 17.7 Å². The van der Waals surface area contributed by atoms with Crippen LogP contribution in [0.1, 0.15) is 23.3 Å². The fraction of sp³-hybridized carbons (Fsp3) is 0.353. The topological polar surface area (TPSA) is 85.4 Å². The van der Waals surface area contributed by atoms with Gasteiger partial charge in [0.05, 0.1) is 18.9 Å². The molecule has 0 spiro atoms. The summed E-state index contributed by atoms with van der Waals surface area (Å²) in [7, 11) is 1.57. The number of rotatable bonds is 6. The highest BCUT2D eigenvalue weighted by Gasteiger charge is 2.17. The van der Waals surface area contributed by atoms with E-state index in [0.717, 1.165) is 19.4 Å². The van der Waals surface area contributed by atoms with Crippen LogP contribution in [-0.2, 0) is 4.74 Å². The molecule has 132 valence electrons. The summed E-state index contributed by atoms with van der Waals surface area (Å²) in [6.45, 7) is 1.23. The first-order valence-electron chi connectivity index (χ1n) is 7.98. The van der Waals surface area contributed by atoms with E-state index in [9.17, 15) is 4.79 Å². The lowest BCUT2D eigenvalue weighted by Gasteiger charge is -2.12. The number of nitrogens with one attached hydrogen (secondary N) is 2. The summed E-state index contributed by atoms with van der Waals surface area (Å²) in [4.78, 5) is 20.4. The lowest BCUT2D eigenvalue weighted by Crippen LogP contribution is -2.32. The molecule has 1 amide bonds. The van der Waals surface area contributed by atoms with Gasteiger partial charge in [0.25, 0.3) is 5.91 Å². The molecule has 2 N–H and O–H groups in total. The highest BCUT2D eigenvalue weighted by Crippen LogP contribution is 2.29. The molecule has 2 heterocycles. The van der Waals surface area contributed by atoms with Gasteiger partial charge in [-0.05, 0) is 31.0 Å². The second-order valence-electron chi connectivity index (χ2n) is 5.60. The van der Waals surface area contributed by atoms with Crippen molar-refractivity contribution in [1.82, 2.24) is 15.3 Å². The SMILES string of the molecule is COc1ccc(Cl)cc1Nc1cc(C(=O)NCC2CCCO2)ncn1. The Bertz CT molecular complexity index is 750. The quantitative estimate of drug-likeness (QED) is 0.821. The highest BCUT2D eigenvalue weighted by atomic mass is 35.5. The van der Waals surface area contributed by atoms with Gasteiger partial charge in [0.1, 0.15) is 23.6 Å². The average Bonchev–Trinajstić information content (AvgIpc) is 3.14. The summed E-state index contributed by atoms with van der Waals surface area (Å²) < 4.78 is 10.8. The smallest absolute Gasteiger partial charge is 0.270 e. The van der Waals surface area contributed by atoms with Crippen molar-refractivity contribution in [2.45, 2.75) is 18.9 Å². The van der Waals surface area contributed by atoms with E-state index in [4.69, 9.17) is 21.1 Å². The van der Waals surface area contributed by atoms with Crippen LogP contribution in [0.2, 0.25) is 5.02 Å². The van der Waals surface area contributed by atoms with Crippen molar-refractivity contribution in [3.8, 4) is 5.75 Å². The van der Waals surface area contributed by atoms with Crippen LogP contribution in [0.3, 0.4) is 0 Å². The van der Waals surface area contributed by atoms with Crippen LogP contribution in [0.4, 0.5) is 11.5 Å². The van der Waals surface area contributed by atoms with Gasteiger partial charge in [0, 0.05) is 24.2 Å². The molecule has 2 aromatic rings. The Morgan fingerprint density at radius 2 is 2.28 bits per heavy atom. The second-order valence-corrected chi connectivity index (χ2v) is 6.04. The third-order valence-corrected chi connectivity index (χ3v) is 4.07. The van der Waals surface area contributed by atoms with Gasteiger partial charge in [0.2, 0.25) is 0 Å². The molecule has 1 saturated heterocycles. The average molecular weight is 363 g/mol. The maximum atomic E-state index is 12.3. The first-order chi connectivity index (χ1) is 12.2. The molecule has 1 unspecified atom stereocenters. The maximum absolute atomic E-state index is 12.3. The molecule has 0 saturated carbocycles. The normalized spacial score (nSPS) is 16.5. The van der Waals surface area contributed by atoms with Crippen LogP contribution >= 0.6 is 11.6 Å². The van der Waals surface area contributed by atoms with Crippen molar-refractivity contribution in [3.63, 3.8) is 0 Å². The van der Waals surface area contributed by atoms with Gasteiger partial charge in [-0.25, -0.2) is 9.97 Å². The van der Waals surface area contributed by atoms with Gasteiger partial charge >= 0.3 is 0 Å². The van der Waals surface area contributed by atoms with Crippen LogP contribution in [0, 0.1) is 0 Å². The molecule has 25 heavy (non-hydrogen) atoms. The molecular formula is C17H19ClN4O3. The van der Waals surface area contributed by atoms with Gasteiger partial charge in [-0.1, -0.05) is 11.6 Å². The fourth-order valence-corrected chi connectivity index (χ4v) is 2.74. The van der Waals surface area contributed by atoms with Gasteiger partial charge < -0.3 is 20.1 Å². The van der Waals surface area contributed by atoms with Crippen molar-refractivity contribution in [2.75, 3.05) is 25.6 Å². The summed E-state index contributed by atoms with van der Waals surface area (Å²) in [6, 6.07) is 6.78. The Morgan fingerprint density at radius 3 is 3.04 bits per heavy atom. The summed E-state index contributed by atoms with van der Waals surface area (Å²) in [5, 5.41) is 6.49. The molecule has 1 aliphatic rings. The van der Waals surface area contributed by atoms with Crippen molar-refractivity contribution in [3.05, 3.63) is 41.3 Å². The monoisotopic (exact) mass is 362 g/mol. The van der Waals surface area contributed by atoms with Gasteiger partial charge in [0.15, 0.2) is 0 Å². The number of ether oxygens (including phenoxy) is 2. The van der Waals surface area contributed by atoms with E-state index in [1.807, 2.05) is 0 Å². The Balaban J connectivity index is 1.68. The lowest BCUT2D eigenvalue weighted by molar-refractivity contribution is 0.0853. The molecule has 1 fully saturated rings.